The molecule has 9 heteroatoms. The molecule has 7 atom stereocenters. The van der Waals surface area contributed by atoms with Crippen molar-refractivity contribution in [1.82, 2.24) is 5.32 Å². The van der Waals surface area contributed by atoms with Gasteiger partial charge in [0.05, 0.1) is 25.4 Å². The largest absolute Gasteiger partial charge is 0.394 e. The molecule has 1 fully saturated rings. The molecule has 1 saturated heterocycles. The van der Waals surface area contributed by atoms with Gasteiger partial charge in [0.25, 0.3) is 0 Å². The van der Waals surface area contributed by atoms with E-state index in [1.807, 2.05) is 0 Å². The van der Waals surface area contributed by atoms with E-state index in [1.54, 1.807) is 0 Å². The molecule has 0 aliphatic carbocycles. The van der Waals surface area contributed by atoms with E-state index < -0.39 is 49.5 Å². The first-order valence-corrected chi connectivity index (χ1v) is 19.9. The van der Waals surface area contributed by atoms with Crippen LogP contribution >= 0.6 is 0 Å². The van der Waals surface area contributed by atoms with E-state index in [-0.39, 0.29) is 12.5 Å². The van der Waals surface area contributed by atoms with Gasteiger partial charge in [0, 0.05) is 6.42 Å². The Morgan fingerprint density at radius 1 is 0.688 bits per heavy atom. The molecule has 9 nitrogen and oxygen atoms in total. The van der Waals surface area contributed by atoms with Gasteiger partial charge in [-0.2, -0.15) is 0 Å². The van der Waals surface area contributed by atoms with Crippen LogP contribution in [-0.4, -0.2) is 87.5 Å². The summed E-state index contributed by atoms with van der Waals surface area (Å²) < 4.78 is 11.2. The molecule has 0 spiro atoms. The molecule has 48 heavy (non-hydrogen) atoms. The highest BCUT2D eigenvalue weighted by Crippen LogP contribution is 2.23. The van der Waals surface area contributed by atoms with E-state index in [9.17, 15) is 30.3 Å². The Labute approximate surface area is 293 Å². The van der Waals surface area contributed by atoms with Gasteiger partial charge in [-0.3, -0.25) is 4.79 Å². The van der Waals surface area contributed by atoms with Crippen molar-refractivity contribution < 1.29 is 39.8 Å². The van der Waals surface area contributed by atoms with Crippen molar-refractivity contribution >= 4 is 5.91 Å². The highest BCUT2D eigenvalue weighted by molar-refractivity contribution is 5.76. The zero-order valence-corrected chi connectivity index (χ0v) is 30.7. The normalized spacial score (nSPS) is 22.7. The molecule has 0 radical (unpaired) electrons. The number of hydrogen-bond donors (Lipinski definition) is 6. The fourth-order valence-corrected chi connectivity index (χ4v) is 6.32. The van der Waals surface area contributed by atoms with Crippen LogP contribution in [0.3, 0.4) is 0 Å². The maximum atomic E-state index is 12.9. The first kappa shape index (κ1) is 45.0. The molecule has 284 valence electrons. The zero-order valence-electron chi connectivity index (χ0n) is 30.7. The maximum absolute atomic E-state index is 12.9. The third-order valence-electron chi connectivity index (χ3n) is 9.62. The van der Waals surface area contributed by atoms with E-state index in [1.165, 1.54) is 83.5 Å². The average Bonchev–Trinajstić information content (AvgIpc) is 3.08. The molecular weight excluding hydrogens is 610 g/mol. The van der Waals surface area contributed by atoms with Gasteiger partial charge < -0.3 is 40.3 Å². The molecule has 0 aromatic heterocycles. The Bertz CT molecular complexity index is 766. The molecule has 0 saturated carbocycles. The van der Waals surface area contributed by atoms with Gasteiger partial charge in [0.2, 0.25) is 5.91 Å². The summed E-state index contributed by atoms with van der Waals surface area (Å²) in [5.41, 5.74) is 0. The molecule has 1 aliphatic rings. The highest BCUT2D eigenvalue weighted by Gasteiger charge is 2.44. The van der Waals surface area contributed by atoms with E-state index >= 15 is 0 Å². The molecule has 1 aliphatic heterocycles. The van der Waals surface area contributed by atoms with Crippen LogP contribution in [0.2, 0.25) is 0 Å². The van der Waals surface area contributed by atoms with Crippen LogP contribution in [0.25, 0.3) is 0 Å². The predicted octanol–water partition coefficient (Wildman–Crippen LogP) is 7.00. The van der Waals surface area contributed by atoms with Gasteiger partial charge >= 0.3 is 0 Å². The Kier molecular flexibility index (Phi) is 28.8. The summed E-state index contributed by atoms with van der Waals surface area (Å²) in [5.74, 6) is -0.156. The predicted molar refractivity (Wildman–Crippen MR) is 194 cm³/mol. The summed E-state index contributed by atoms with van der Waals surface area (Å²) in [7, 11) is 0. The number of ether oxygens (including phenoxy) is 2. The van der Waals surface area contributed by atoms with Crippen LogP contribution in [0.1, 0.15) is 174 Å². The number of nitrogens with one attached hydrogen (secondary N) is 1. The summed E-state index contributed by atoms with van der Waals surface area (Å²) in [4.78, 5) is 12.9. The molecule has 1 amide bonds. The van der Waals surface area contributed by atoms with Gasteiger partial charge in [-0.15, -0.1) is 0 Å². The first-order valence-electron chi connectivity index (χ1n) is 19.9. The van der Waals surface area contributed by atoms with Crippen molar-refractivity contribution in [3.8, 4) is 0 Å². The number of carbonyl (C=O) groups excluding carboxylic acids is 1. The standard InChI is InChI=1S/C39H75NO8/c1-3-5-7-9-11-13-15-16-17-19-20-22-24-26-28-33(42)32(31-47-39-38(46)37(45)36(44)34(30-41)48-39)40-35(43)29-27-25-23-21-18-14-12-10-8-6-4-2/h10,12,32-34,36-39,41-42,44-46H,3-9,11,13-31H2,1-2H3,(H,40,43)/b12-10-. The molecule has 7 unspecified atom stereocenters. The molecular formula is C39H75NO8. The van der Waals surface area contributed by atoms with E-state index in [0.717, 1.165) is 64.2 Å². The van der Waals surface area contributed by atoms with Crippen LogP contribution in [0, 0.1) is 0 Å². The number of allylic oxidation sites excluding steroid dienone is 2. The first-order chi connectivity index (χ1) is 23.3. The van der Waals surface area contributed by atoms with Crippen LogP contribution in [0.5, 0.6) is 0 Å². The number of unbranched alkanes of at least 4 members (excludes halogenated alkanes) is 20. The fourth-order valence-electron chi connectivity index (χ4n) is 6.32. The van der Waals surface area contributed by atoms with E-state index in [0.29, 0.717) is 12.8 Å². The summed E-state index contributed by atoms with van der Waals surface area (Å²) in [6.45, 7) is 3.77. The highest BCUT2D eigenvalue weighted by atomic mass is 16.7. The van der Waals surface area contributed by atoms with Crippen molar-refractivity contribution in [2.45, 2.75) is 217 Å². The second-order valence-electron chi connectivity index (χ2n) is 14.1. The van der Waals surface area contributed by atoms with Crippen molar-refractivity contribution in [3.63, 3.8) is 0 Å². The molecule has 0 bridgehead atoms. The molecule has 1 rings (SSSR count). The topological polar surface area (TPSA) is 149 Å². The van der Waals surface area contributed by atoms with Crippen molar-refractivity contribution in [2.75, 3.05) is 13.2 Å². The Morgan fingerprint density at radius 2 is 1.19 bits per heavy atom. The monoisotopic (exact) mass is 686 g/mol. The van der Waals surface area contributed by atoms with Gasteiger partial charge in [0.15, 0.2) is 6.29 Å². The lowest BCUT2D eigenvalue weighted by atomic mass is 9.99. The Balaban J connectivity index is 2.41. The molecule has 1 heterocycles. The SMILES string of the molecule is CCCC/C=C\CCCCCCCC(=O)NC(COC1OC(CO)C(O)C(O)C1O)C(O)CCCCCCCCCCCCCCCC. The van der Waals surface area contributed by atoms with Gasteiger partial charge in [-0.1, -0.05) is 148 Å². The number of aliphatic hydroxyl groups is 5. The van der Waals surface area contributed by atoms with Crippen molar-refractivity contribution in [2.24, 2.45) is 0 Å². The minimum absolute atomic E-state index is 0.139. The van der Waals surface area contributed by atoms with Gasteiger partial charge in [-0.25, -0.2) is 0 Å². The maximum Gasteiger partial charge on any atom is 0.220 e. The lowest BCUT2D eigenvalue weighted by Crippen LogP contribution is -2.60. The summed E-state index contributed by atoms with van der Waals surface area (Å²) in [5, 5.41) is 54.1. The molecule has 0 aromatic carbocycles. The second-order valence-corrected chi connectivity index (χ2v) is 14.1. The van der Waals surface area contributed by atoms with Gasteiger partial charge in [0.1, 0.15) is 24.4 Å². The average molecular weight is 686 g/mol. The number of hydrogen-bond acceptors (Lipinski definition) is 8. The van der Waals surface area contributed by atoms with E-state index in [2.05, 4.69) is 31.3 Å². The lowest BCUT2D eigenvalue weighted by molar-refractivity contribution is -0.302. The van der Waals surface area contributed by atoms with E-state index in [4.69, 9.17) is 9.47 Å². The quantitative estimate of drug-likeness (QED) is 0.0328. The zero-order chi connectivity index (χ0) is 35.2. The molecule has 6 N–H and O–H groups in total. The van der Waals surface area contributed by atoms with Gasteiger partial charge in [-0.05, 0) is 32.1 Å². The smallest absolute Gasteiger partial charge is 0.220 e. The Morgan fingerprint density at radius 3 is 1.75 bits per heavy atom. The van der Waals surface area contributed by atoms with Crippen LogP contribution in [0.4, 0.5) is 0 Å². The van der Waals surface area contributed by atoms with Crippen LogP contribution in [-0.2, 0) is 14.3 Å². The number of rotatable bonds is 32. The van der Waals surface area contributed by atoms with Crippen molar-refractivity contribution in [3.05, 3.63) is 12.2 Å². The summed E-state index contributed by atoms with van der Waals surface area (Å²) in [6.07, 6.45) is 25.0. The number of aliphatic hydroxyl groups excluding tert-OH is 5. The fraction of sp³-hybridized carbons (Fsp3) is 0.923. The summed E-state index contributed by atoms with van der Waals surface area (Å²) in [6, 6.07) is -0.716. The molecule has 0 aromatic rings. The third-order valence-corrected chi connectivity index (χ3v) is 9.62. The van der Waals surface area contributed by atoms with Crippen LogP contribution < -0.4 is 5.32 Å². The minimum atomic E-state index is -1.55. The second kappa shape index (κ2) is 30.7. The van der Waals surface area contributed by atoms with Crippen LogP contribution in [0.15, 0.2) is 12.2 Å². The Hall–Kier alpha value is -1.07. The minimum Gasteiger partial charge on any atom is -0.394 e. The summed E-state index contributed by atoms with van der Waals surface area (Å²) >= 11 is 0. The number of amides is 1. The third kappa shape index (κ3) is 21.9. The lowest BCUT2D eigenvalue weighted by Gasteiger charge is -2.40. The van der Waals surface area contributed by atoms with Crippen molar-refractivity contribution in [1.29, 1.82) is 0 Å². The number of carbonyl (C=O) groups is 1.